The highest BCUT2D eigenvalue weighted by Crippen LogP contribution is 2.73. The predicted molar refractivity (Wildman–Crippen MR) is 144 cm³/mol. The molecule has 8 atom stereocenters. The second-order valence-electron chi connectivity index (χ2n) is 14.2. The Morgan fingerprint density at radius 2 is 1.75 bits per heavy atom. The molecule has 4 nitrogen and oxygen atoms in total. The first-order valence-corrected chi connectivity index (χ1v) is 14.4. The van der Waals surface area contributed by atoms with E-state index in [4.69, 9.17) is 4.74 Å². The van der Waals surface area contributed by atoms with Crippen molar-refractivity contribution in [3.05, 3.63) is 23.3 Å². The molecule has 1 N–H and O–H groups in total. The molecule has 0 aromatic carbocycles. The molecule has 0 radical (unpaired) electrons. The Labute approximate surface area is 219 Å². The van der Waals surface area contributed by atoms with E-state index in [-0.39, 0.29) is 45.6 Å². The SMILES string of the molecule is CC(=O)OC1CCC2(C)C3CCC4(C)C(C(CCC=C(C)C)C(=O)O)CCC4(C)C3=CCC2C1(C)C. The largest absolute Gasteiger partial charge is 0.481 e. The van der Waals surface area contributed by atoms with Gasteiger partial charge in [-0.05, 0) is 106 Å². The second-order valence-corrected chi connectivity index (χ2v) is 14.2. The smallest absolute Gasteiger partial charge is 0.306 e. The first-order valence-electron chi connectivity index (χ1n) is 14.4. The number of carboxylic acid groups (broad SMARTS) is 1. The van der Waals surface area contributed by atoms with Crippen molar-refractivity contribution in [1.82, 2.24) is 0 Å². The number of carbonyl (C=O) groups is 2. The summed E-state index contributed by atoms with van der Waals surface area (Å²) in [7, 11) is 0. The molecule has 4 aliphatic carbocycles. The quantitative estimate of drug-likeness (QED) is 0.298. The Balaban J connectivity index is 1.65. The number of esters is 1. The summed E-state index contributed by atoms with van der Waals surface area (Å²) in [4.78, 5) is 24.3. The average molecular weight is 499 g/mol. The van der Waals surface area contributed by atoms with E-state index in [9.17, 15) is 14.7 Å². The van der Waals surface area contributed by atoms with Crippen molar-refractivity contribution in [2.24, 2.45) is 45.3 Å². The standard InChI is InChI=1S/C32H50O4/c1-20(2)10-9-11-22(28(34)35)23-14-18-32(8)25-12-13-26-29(4,5)27(36-21(3)33)16-17-30(26,6)24(25)15-19-31(23,32)7/h10,12,22-24,26-27H,9,11,13-19H2,1-8H3,(H,34,35). The van der Waals surface area contributed by atoms with Crippen molar-refractivity contribution < 1.29 is 19.4 Å². The molecule has 3 saturated carbocycles. The van der Waals surface area contributed by atoms with E-state index in [2.05, 4.69) is 60.6 Å². The Bertz CT molecular complexity index is 955. The van der Waals surface area contributed by atoms with Gasteiger partial charge in [0, 0.05) is 12.3 Å². The molecule has 8 unspecified atom stereocenters. The maximum absolute atomic E-state index is 12.5. The summed E-state index contributed by atoms with van der Waals surface area (Å²) in [5.41, 5.74) is 3.13. The van der Waals surface area contributed by atoms with Crippen molar-refractivity contribution in [3.8, 4) is 0 Å². The molecule has 4 heteroatoms. The van der Waals surface area contributed by atoms with Crippen LogP contribution in [0.5, 0.6) is 0 Å². The fourth-order valence-electron chi connectivity index (χ4n) is 9.83. The van der Waals surface area contributed by atoms with Crippen LogP contribution in [0.3, 0.4) is 0 Å². The van der Waals surface area contributed by atoms with Gasteiger partial charge in [-0.2, -0.15) is 0 Å². The first kappa shape index (κ1) is 27.5. The van der Waals surface area contributed by atoms with Crippen LogP contribution in [0.25, 0.3) is 0 Å². The number of fused-ring (bicyclic) bond motifs is 5. The van der Waals surface area contributed by atoms with Crippen molar-refractivity contribution in [1.29, 1.82) is 0 Å². The summed E-state index contributed by atoms with van der Waals surface area (Å²) in [5, 5.41) is 10.3. The van der Waals surface area contributed by atoms with Gasteiger partial charge >= 0.3 is 11.9 Å². The van der Waals surface area contributed by atoms with Gasteiger partial charge in [0.05, 0.1) is 5.92 Å². The molecule has 0 heterocycles. The van der Waals surface area contributed by atoms with Gasteiger partial charge in [-0.15, -0.1) is 0 Å². The highest BCUT2D eigenvalue weighted by Gasteiger charge is 2.66. The maximum Gasteiger partial charge on any atom is 0.306 e. The highest BCUT2D eigenvalue weighted by molar-refractivity contribution is 5.70. The highest BCUT2D eigenvalue weighted by atomic mass is 16.5. The number of rotatable bonds is 6. The molecular formula is C32H50O4. The minimum atomic E-state index is -0.607. The molecule has 3 fully saturated rings. The van der Waals surface area contributed by atoms with E-state index in [1.807, 2.05) is 0 Å². The molecule has 0 spiro atoms. The minimum absolute atomic E-state index is 0.0135. The number of allylic oxidation sites excluding steroid dienone is 4. The third-order valence-corrected chi connectivity index (χ3v) is 12.0. The van der Waals surface area contributed by atoms with Gasteiger partial charge in [0.15, 0.2) is 0 Å². The molecule has 0 aromatic rings. The van der Waals surface area contributed by atoms with Gasteiger partial charge in [0.2, 0.25) is 0 Å². The van der Waals surface area contributed by atoms with E-state index in [0.29, 0.717) is 11.8 Å². The van der Waals surface area contributed by atoms with Gasteiger partial charge in [-0.3, -0.25) is 9.59 Å². The van der Waals surface area contributed by atoms with Crippen molar-refractivity contribution >= 4 is 11.9 Å². The summed E-state index contributed by atoms with van der Waals surface area (Å²) >= 11 is 0. The van der Waals surface area contributed by atoms with E-state index in [1.54, 1.807) is 5.57 Å². The van der Waals surface area contributed by atoms with Crippen LogP contribution in [0.4, 0.5) is 0 Å². The zero-order chi connectivity index (χ0) is 26.7. The van der Waals surface area contributed by atoms with Crippen molar-refractivity contribution in [2.45, 2.75) is 119 Å². The molecular weight excluding hydrogens is 448 g/mol. The zero-order valence-corrected chi connectivity index (χ0v) is 24.1. The molecule has 36 heavy (non-hydrogen) atoms. The summed E-state index contributed by atoms with van der Waals surface area (Å²) in [5.74, 6) is 0.213. The maximum atomic E-state index is 12.5. The Morgan fingerprint density at radius 3 is 2.36 bits per heavy atom. The number of hydrogen-bond acceptors (Lipinski definition) is 3. The summed E-state index contributed by atoms with van der Waals surface area (Å²) in [6.07, 6.45) is 13.8. The lowest BCUT2D eigenvalue weighted by Gasteiger charge is -2.64. The van der Waals surface area contributed by atoms with E-state index < -0.39 is 5.97 Å². The summed E-state index contributed by atoms with van der Waals surface area (Å²) in [6, 6.07) is 0. The molecule has 0 bridgehead atoms. The van der Waals surface area contributed by atoms with Crippen LogP contribution in [-0.2, 0) is 14.3 Å². The fourth-order valence-corrected chi connectivity index (χ4v) is 9.83. The predicted octanol–water partition coefficient (Wildman–Crippen LogP) is 7.97. The third-order valence-electron chi connectivity index (χ3n) is 12.0. The summed E-state index contributed by atoms with van der Waals surface area (Å²) in [6.45, 7) is 17.8. The van der Waals surface area contributed by atoms with Gasteiger partial charge in [-0.1, -0.05) is 57.9 Å². The van der Waals surface area contributed by atoms with Crippen LogP contribution in [0, 0.1) is 45.3 Å². The van der Waals surface area contributed by atoms with Crippen LogP contribution in [0.2, 0.25) is 0 Å². The normalized spacial score (nSPS) is 41.7. The van der Waals surface area contributed by atoms with Crippen molar-refractivity contribution in [2.75, 3.05) is 0 Å². The molecule has 4 aliphatic rings. The van der Waals surface area contributed by atoms with Crippen LogP contribution in [0.1, 0.15) is 113 Å². The molecule has 0 amide bonds. The monoisotopic (exact) mass is 498 g/mol. The van der Waals surface area contributed by atoms with Crippen LogP contribution in [-0.4, -0.2) is 23.1 Å². The molecule has 202 valence electrons. The topological polar surface area (TPSA) is 63.6 Å². The fraction of sp³-hybridized carbons (Fsp3) is 0.812. The van der Waals surface area contributed by atoms with Crippen LogP contribution in [0.15, 0.2) is 23.3 Å². The lowest BCUT2D eigenvalue weighted by Crippen LogP contribution is -2.58. The molecule has 0 saturated heterocycles. The van der Waals surface area contributed by atoms with Crippen LogP contribution >= 0.6 is 0 Å². The summed E-state index contributed by atoms with van der Waals surface area (Å²) < 4.78 is 5.83. The van der Waals surface area contributed by atoms with E-state index in [0.717, 1.165) is 57.8 Å². The Hall–Kier alpha value is -1.58. The average Bonchev–Trinajstić information content (AvgIpc) is 3.04. The lowest BCUT2D eigenvalue weighted by atomic mass is 9.41. The number of carboxylic acids is 1. The van der Waals surface area contributed by atoms with Crippen molar-refractivity contribution in [3.63, 3.8) is 0 Å². The number of carbonyl (C=O) groups excluding carboxylic acids is 1. The van der Waals surface area contributed by atoms with E-state index in [1.165, 1.54) is 12.5 Å². The second kappa shape index (κ2) is 9.31. The first-order chi connectivity index (χ1) is 16.7. The lowest BCUT2D eigenvalue weighted by molar-refractivity contribution is -0.175. The van der Waals surface area contributed by atoms with Gasteiger partial charge in [0.25, 0.3) is 0 Å². The Morgan fingerprint density at radius 1 is 1.06 bits per heavy atom. The minimum Gasteiger partial charge on any atom is -0.481 e. The van der Waals surface area contributed by atoms with Gasteiger partial charge in [0.1, 0.15) is 6.10 Å². The van der Waals surface area contributed by atoms with Crippen LogP contribution < -0.4 is 0 Å². The third kappa shape index (κ3) is 4.09. The van der Waals surface area contributed by atoms with Gasteiger partial charge < -0.3 is 9.84 Å². The number of ether oxygens (including phenoxy) is 1. The molecule has 4 rings (SSSR count). The zero-order valence-electron chi connectivity index (χ0n) is 24.1. The Kier molecular flexibility index (Phi) is 7.10. The number of aliphatic carboxylic acids is 1. The number of hydrogen-bond donors (Lipinski definition) is 1. The molecule has 0 aromatic heterocycles. The molecule has 0 aliphatic heterocycles. The van der Waals surface area contributed by atoms with Gasteiger partial charge in [-0.25, -0.2) is 0 Å². The van der Waals surface area contributed by atoms with E-state index >= 15 is 0 Å².